The summed E-state index contributed by atoms with van der Waals surface area (Å²) < 4.78 is 5.58. The Morgan fingerprint density at radius 3 is 2.65 bits per heavy atom. The van der Waals surface area contributed by atoms with E-state index in [1.807, 2.05) is 11.3 Å². The minimum absolute atomic E-state index is 0.258. The Bertz CT molecular complexity index is 340. The molecule has 2 saturated heterocycles. The van der Waals surface area contributed by atoms with Crippen LogP contribution in [0.25, 0.3) is 0 Å². The molecular weight excluding hydrogens is 232 g/mol. The SMILES string of the molecule is c1csc(C2(N3CCNCC3)CCOCC2)c1. The molecule has 3 nitrogen and oxygen atoms in total. The largest absolute Gasteiger partial charge is 0.381 e. The summed E-state index contributed by atoms with van der Waals surface area (Å²) >= 11 is 1.90. The van der Waals surface area contributed by atoms with E-state index in [0.29, 0.717) is 0 Å². The van der Waals surface area contributed by atoms with Crippen LogP contribution in [0.5, 0.6) is 0 Å². The molecule has 4 heteroatoms. The van der Waals surface area contributed by atoms with E-state index in [1.165, 1.54) is 4.88 Å². The van der Waals surface area contributed by atoms with Gasteiger partial charge in [0.1, 0.15) is 0 Å². The van der Waals surface area contributed by atoms with Gasteiger partial charge in [0.05, 0.1) is 5.54 Å². The van der Waals surface area contributed by atoms with E-state index in [9.17, 15) is 0 Å². The Morgan fingerprint density at radius 2 is 2.00 bits per heavy atom. The predicted molar refractivity (Wildman–Crippen MR) is 70.5 cm³/mol. The van der Waals surface area contributed by atoms with Crippen molar-refractivity contribution in [2.45, 2.75) is 18.4 Å². The van der Waals surface area contributed by atoms with Gasteiger partial charge in [-0.3, -0.25) is 4.90 Å². The molecule has 17 heavy (non-hydrogen) atoms. The zero-order valence-electron chi connectivity index (χ0n) is 10.2. The summed E-state index contributed by atoms with van der Waals surface area (Å²) in [5.41, 5.74) is 0.258. The number of piperazine rings is 1. The van der Waals surface area contributed by atoms with Crippen molar-refractivity contribution < 1.29 is 4.74 Å². The maximum Gasteiger partial charge on any atom is 0.0598 e. The van der Waals surface area contributed by atoms with Crippen LogP contribution < -0.4 is 5.32 Å². The first-order chi connectivity index (χ1) is 8.42. The maximum absolute atomic E-state index is 5.58. The van der Waals surface area contributed by atoms with Gasteiger partial charge in [0, 0.05) is 44.3 Å². The summed E-state index contributed by atoms with van der Waals surface area (Å²) in [6, 6.07) is 4.48. The fraction of sp³-hybridized carbons (Fsp3) is 0.692. The van der Waals surface area contributed by atoms with Crippen molar-refractivity contribution in [1.82, 2.24) is 10.2 Å². The number of hydrogen-bond donors (Lipinski definition) is 1. The van der Waals surface area contributed by atoms with E-state index < -0.39 is 0 Å². The summed E-state index contributed by atoms with van der Waals surface area (Å²) in [4.78, 5) is 4.21. The first-order valence-electron chi connectivity index (χ1n) is 6.49. The van der Waals surface area contributed by atoms with Gasteiger partial charge in [-0.05, 0) is 24.3 Å². The fourth-order valence-electron chi connectivity index (χ4n) is 3.06. The molecule has 0 atom stereocenters. The van der Waals surface area contributed by atoms with Crippen LogP contribution in [0.1, 0.15) is 17.7 Å². The fourth-order valence-corrected chi connectivity index (χ4v) is 4.08. The topological polar surface area (TPSA) is 24.5 Å². The van der Waals surface area contributed by atoms with Gasteiger partial charge >= 0.3 is 0 Å². The highest BCUT2D eigenvalue weighted by atomic mass is 32.1. The smallest absolute Gasteiger partial charge is 0.0598 e. The molecule has 0 unspecified atom stereocenters. The summed E-state index contributed by atoms with van der Waals surface area (Å²) in [7, 11) is 0. The maximum atomic E-state index is 5.58. The van der Waals surface area contributed by atoms with Crippen molar-refractivity contribution in [2.75, 3.05) is 39.4 Å². The van der Waals surface area contributed by atoms with E-state index >= 15 is 0 Å². The van der Waals surface area contributed by atoms with Crippen molar-refractivity contribution in [3.63, 3.8) is 0 Å². The van der Waals surface area contributed by atoms with E-state index in [0.717, 1.165) is 52.2 Å². The second kappa shape index (κ2) is 5.06. The number of hydrogen-bond acceptors (Lipinski definition) is 4. The molecule has 0 amide bonds. The lowest BCUT2D eigenvalue weighted by molar-refractivity contribution is -0.0353. The quantitative estimate of drug-likeness (QED) is 0.866. The van der Waals surface area contributed by atoms with Gasteiger partial charge in [-0.25, -0.2) is 0 Å². The van der Waals surface area contributed by atoms with Gasteiger partial charge in [0.25, 0.3) is 0 Å². The summed E-state index contributed by atoms with van der Waals surface area (Å²) in [5, 5.41) is 5.65. The molecule has 1 aromatic rings. The molecule has 1 N–H and O–H groups in total. The minimum atomic E-state index is 0.258. The number of nitrogens with one attached hydrogen (secondary N) is 1. The van der Waals surface area contributed by atoms with E-state index in [4.69, 9.17) is 4.74 Å². The molecule has 3 heterocycles. The van der Waals surface area contributed by atoms with Gasteiger partial charge in [-0.2, -0.15) is 0 Å². The van der Waals surface area contributed by atoms with E-state index in [1.54, 1.807) is 0 Å². The summed E-state index contributed by atoms with van der Waals surface area (Å²) in [5.74, 6) is 0. The standard InChI is InChI=1S/C13H20N2OS/c1-2-12(17-11-1)13(3-9-16-10-4-13)15-7-5-14-6-8-15/h1-2,11,14H,3-10H2. The highest BCUT2D eigenvalue weighted by molar-refractivity contribution is 7.10. The van der Waals surface area contributed by atoms with E-state index in [2.05, 4.69) is 27.7 Å². The van der Waals surface area contributed by atoms with Gasteiger partial charge < -0.3 is 10.1 Å². The first-order valence-corrected chi connectivity index (χ1v) is 7.37. The van der Waals surface area contributed by atoms with Crippen LogP contribution >= 0.6 is 11.3 Å². The first kappa shape index (κ1) is 11.7. The predicted octanol–water partition coefficient (Wildman–Crippen LogP) is 1.66. The van der Waals surface area contributed by atoms with Crippen LogP contribution in [-0.2, 0) is 10.3 Å². The van der Waals surface area contributed by atoms with Crippen LogP contribution in [-0.4, -0.2) is 44.3 Å². The second-order valence-corrected chi connectivity index (χ2v) is 5.81. The van der Waals surface area contributed by atoms with Gasteiger partial charge in [-0.15, -0.1) is 11.3 Å². The minimum Gasteiger partial charge on any atom is -0.381 e. The highest BCUT2D eigenvalue weighted by Crippen LogP contribution is 2.40. The molecule has 0 aliphatic carbocycles. The molecule has 94 valence electrons. The molecule has 0 aromatic carbocycles. The number of ether oxygens (including phenoxy) is 1. The lowest BCUT2D eigenvalue weighted by Gasteiger charge is -2.47. The Hall–Kier alpha value is -0.420. The molecule has 2 aliphatic heterocycles. The van der Waals surface area contributed by atoms with Crippen molar-refractivity contribution >= 4 is 11.3 Å². The van der Waals surface area contributed by atoms with Crippen LogP contribution in [0.3, 0.4) is 0 Å². The molecular formula is C13H20N2OS. The third-order valence-electron chi connectivity index (χ3n) is 4.02. The van der Waals surface area contributed by atoms with Gasteiger partial charge in [0.15, 0.2) is 0 Å². The normalized spacial score (nSPS) is 25.9. The van der Waals surface area contributed by atoms with Crippen LogP contribution in [0.2, 0.25) is 0 Å². The van der Waals surface area contributed by atoms with Crippen LogP contribution in [0, 0.1) is 0 Å². The summed E-state index contributed by atoms with van der Waals surface area (Å²) in [6.07, 6.45) is 2.29. The molecule has 3 rings (SSSR count). The highest BCUT2D eigenvalue weighted by Gasteiger charge is 2.41. The van der Waals surface area contributed by atoms with Crippen LogP contribution in [0.15, 0.2) is 17.5 Å². The summed E-state index contributed by atoms with van der Waals surface area (Å²) in [6.45, 7) is 6.38. The van der Waals surface area contributed by atoms with Crippen molar-refractivity contribution in [1.29, 1.82) is 0 Å². The third kappa shape index (κ3) is 2.15. The average molecular weight is 252 g/mol. The number of thiophene rings is 1. The third-order valence-corrected chi connectivity index (χ3v) is 5.09. The van der Waals surface area contributed by atoms with Gasteiger partial charge in [-0.1, -0.05) is 6.07 Å². The number of nitrogens with zero attached hydrogens (tertiary/aromatic N) is 1. The number of rotatable bonds is 2. The van der Waals surface area contributed by atoms with Crippen molar-refractivity contribution in [3.05, 3.63) is 22.4 Å². The average Bonchev–Trinajstić information content (AvgIpc) is 2.95. The molecule has 2 aliphatic rings. The van der Waals surface area contributed by atoms with Crippen LogP contribution in [0.4, 0.5) is 0 Å². The molecule has 0 spiro atoms. The van der Waals surface area contributed by atoms with Crippen molar-refractivity contribution in [3.8, 4) is 0 Å². The molecule has 0 radical (unpaired) electrons. The van der Waals surface area contributed by atoms with Crippen molar-refractivity contribution in [2.24, 2.45) is 0 Å². The Labute approximate surface area is 107 Å². The zero-order chi connectivity index (χ0) is 11.6. The molecule has 0 bridgehead atoms. The zero-order valence-corrected chi connectivity index (χ0v) is 11.0. The molecule has 1 aromatic heterocycles. The second-order valence-electron chi connectivity index (χ2n) is 4.86. The molecule has 0 saturated carbocycles. The monoisotopic (exact) mass is 252 g/mol. The Morgan fingerprint density at radius 1 is 1.24 bits per heavy atom. The molecule has 2 fully saturated rings. The lowest BCUT2D eigenvalue weighted by atomic mass is 9.85. The Kier molecular flexibility index (Phi) is 3.47. The Balaban J connectivity index is 1.89. The van der Waals surface area contributed by atoms with Gasteiger partial charge in [0.2, 0.25) is 0 Å². The lowest BCUT2D eigenvalue weighted by Crippen LogP contribution is -2.56. The van der Waals surface area contributed by atoms with E-state index in [-0.39, 0.29) is 5.54 Å².